The van der Waals surface area contributed by atoms with Gasteiger partial charge >= 0.3 is 0 Å². The van der Waals surface area contributed by atoms with Crippen LogP contribution in [0.2, 0.25) is 0 Å². The monoisotopic (exact) mass is 487 g/mol. The number of hydrogen-bond donors (Lipinski definition) is 1. The third-order valence-electron chi connectivity index (χ3n) is 5.76. The normalized spacial score (nSPS) is 16.5. The molecule has 9 nitrogen and oxygen atoms in total. The molecule has 0 saturated carbocycles. The average molecular weight is 488 g/mol. The quantitative estimate of drug-likeness (QED) is 0.545. The van der Waals surface area contributed by atoms with Gasteiger partial charge in [-0.3, -0.25) is 9.69 Å². The van der Waals surface area contributed by atoms with E-state index in [0.717, 1.165) is 43.2 Å². The van der Waals surface area contributed by atoms with Crippen LogP contribution in [0.4, 0.5) is 5.82 Å². The molecule has 0 bridgehead atoms. The molecule has 1 amide bonds. The van der Waals surface area contributed by atoms with Crippen LogP contribution in [0.15, 0.2) is 28.7 Å². The van der Waals surface area contributed by atoms with Gasteiger partial charge in [-0.05, 0) is 78.4 Å². The molecule has 3 aromatic heterocycles. The zero-order valence-corrected chi connectivity index (χ0v) is 21.4. The Labute approximate surface area is 207 Å². The van der Waals surface area contributed by atoms with Crippen molar-refractivity contribution in [3.05, 3.63) is 41.4 Å². The number of anilines is 1. The molecule has 0 unspecified atom stereocenters. The van der Waals surface area contributed by atoms with Crippen LogP contribution in [-0.4, -0.2) is 75.7 Å². The van der Waals surface area contributed by atoms with Gasteiger partial charge in [-0.15, -0.1) is 12.4 Å². The minimum atomic E-state index is -0.0832. The largest absolute Gasteiger partial charge is 0.458 e. The number of nitrogens with zero attached hydrogens (tertiary/aromatic N) is 6. The van der Waals surface area contributed by atoms with E-state index in [0.29, 0.717) is 35.7 Å². The van der Waals surface area contributed by atoms with Crippen molar-refractivity contribution in [2.75, 3.05) is 45.6 Å². The topological polar surface area (TPSA) is 92.3 Å². The summed E-state index contributed by atoms with van der Waals surface area (Å²) < 4.78 is 7.49. The highest BCUT2D eigenvalue weighted by Crippen LogP contribution is 2.23. The van der Waals surface area contributed by atoms with Crippen LogP contribution < -0.4 is 5.32 Å². The molecule has 0 aliphatic carbocycles. The zero-order chi connectivity index (χ0) is 23.5. The maximum Gasteiger partial charge on any atom is 0.239 e. The number of carbonyl (C=O) groups excluding carboxylic acids is 1. The van der Waals surface area contributed by atoms with Gasteiger partial charge in [-0.25, -0.2) is 14.6 Å². The summed E-state index contributed by atoms with van der Waals surface area (Å²) in [5.74, 6) is 3.25. The predicted octanol–water partition coefficient (Wildman–Crippen LogP) is 3.48. The molecule has 0 aromatic carbocycles. The van der Waals surface area contributed by atoms with E-state index in [-0.39, 0.29) is 18.3 Å². The molecule has 1 saturated heterocycles. The Bertz CT molecular complexity index is 1120. The lowest BCUT2D eigenvalue weighted by Crippen LogP contribution is -2.43. The van der Waals surface area contributed by atoms with E-state index < -0.39 is 0 Å². The lowest BCUT2D eigenvalue weighted by molar-refractivity contribution is -0.117. The summed E-state index contributed by atoms with van der Waals surface area (Å²) in [4.78, 5) is 26.6. The molecule has 34 heavy (non-hydrogen) atoms. The van der Waals surface area contributed by atoms with Gasteiger partial charge in [0.1, 0.15) is 11.6 Å². The smallest absolute Gasteiger partial charge is 0.239 e. The Morgan fingerprint density at radius 2 is 2.00 bits per heavy atom. The van der Waals surface area contributed by atoms with Crippen LogP contribution in [0.25, 0.3) is 17.4 Å². The van der Waals surface area contributed by atoms with E-state index >= 15 is 0 Å². The number of aromatic nitrogens is 4. The Morgan fingerprint density at radius 1 is 1.21 bits per heavy atom. The summed E-state index contributed by atoms with van der Waals surface area (Å²) >= 11 is 0. The molecule has 4 heterocycles. The van der Waals surface area contributed by atoms with E-state index in [1.807, 2.05) is 39.0 Å². The number of aryl methyl sites for hydroxylation is 3. The first-order valence-electron chi connectivity index (χ1n) is 11.4. The van der Waals surface area contributed by atoms with Crippen molar-refractivity contribution in [2.24, 2.45) is 5.92 Å². The molecule has 0 radical (unpaired) electrons. The van der Waals surface area contributed by atoms with Crippen molar-refractivity contribution in [3.63, 3.8) is 0 Å². The third kappa shape index (κ3) is 6.43. The number of rotatable bonds is 7. The Morgan fingerprint density at radius 3 is 2.65 bits per heavy atom. The standard InChI is InChI=1S/C24H33N7O2.ClH/c1-16-11-17(2)31(28-16)22-12-21(26-24(27-22)20-9-8-18(3)33-20)25-23(32)15-30-10-6-7-19(14-30)13-29(4)5;/h8-9,11-12,19H,6-7,10,13-15H2,1-5H3,(H,25,26,27,32);1H/t19-;/m1./s1. The summed E-state index contributed by atoms with van der Waals surface area (Å²) in [6.45, 7) is 9.04. The second-order valence-corrected chi connectivity index (χ2v) is 9.24. The average Bonchev–Trinajstić information content (AvgIpc) is 3.32. The maximum absolute atomic E-state index is 12.9. The predicted molar refractivity (Wildman–Crippen MR) is 135 cm³/mol. The van der Waals surface area contributed by atoms with Gasteiger partial charge in [0, 0.05) is 24.8 Å². The van der Waals surface area contributed by atoms with E-state index in [2.05, 4.69) is 44.3 Å². The molecular formula is C24H34ClN7O2. The fraction of sp³-hybridized carbons (Fsp3) is 0.500. The van der Waals surface area contributed by atoms with Gasteiger partial charge in [0.15, 0.2) is 17.4 Å². The molecule has 1 fully saturated rings. The highest BCUT2D eigenvalue weighted by atomic mass is 35.5. The Balaban J connectivity index is 0.00000324. The van der Waals surface area contributed by atoms with Crippen molar-refractivity contribution >= 4 is 24.1 Å². The van der Waals surface area contributed by atoms with E-state index in [1.165, 1.54) is 6.42 Å². The molecular weight excluding hydrogens is 454 g/mol. The van der Waals surface area contributed by atoms with Crippen LogP contribution >= 0.6 is 12.4 Å². The number of hydrogen-bond acceptors (Lipinski definition) is 7. The first kappa shape index (κ1) is 25.9. The number of likely N-dealkylation sites (tertiary alicyclic amines) is 1. The minimum absolute atomic E-state index is 0. The maximum atomic E-state index is 12.9. The molecule has 1 N–H and O–H groups in total. The summed E-state index contributed by atoms with van der Waals surface area (Å²) in [7, 11) is 4.19. The van der Waals surface area contributed by atoms with Crippen molar-refractivity contribution < 1.29 is 9.21 Å². The van der Waals surface area contributed by atoms with Crippen molar-refractivity contribution in [1.29, 1.82) is 0 Å². The molecule has 10 heteroatoms. The van der Waals surface area contributed by atoms with Crippen molar-refractivity contribution in [1.82, 2.24) is 29.5 Å². The third-order valence-corrected chi connectivity index (χ3v) is 5.76. The molecule has 1 atom stereocenters. The van der Waals surface area contributed by atoms with Crippen LogP contribution in [0.1, 0.15) is 30.0 Å². The van der Waals surface area contributed by atoms with Crippen LogP contribution in [0.3, 0.4) is 0 Å². The zero-order valence-electron chi connectivity index (χ0n) is 20.5. The SMILES string of the molecule is Cc1cc(C)n(-c2cc(NC(=O)CN3CCC[C@H](CN(C)C)C3)nc(-c3ccc(C)o3)n2)n1.Cl. The number of furan rings is 1. The van der Waals surface area contributed by atoms with Gasteiger partial charge in [0.25, 0.3) is 0 Å². The second-order valence-electron chi connectivity index (χ2n) is 9.24. The number of piperidine rings is 1. The second kappa shape index (κ2) is 11.1. The minimum Gasteiger partial charge on any atom is -0.458 e. The van der Waals surface area contributed by atoms with Gasteiger partial charge in [0.2, 0.25) is 5.91 Å². The molecule has 1 aliphatic heterocycles. The van der Waals surface area contributed by atoms with E-state index in [4.69, 9.17) is 4.42 Å². The van der Waals surface area contributed by atoms with Gasteiger partial charge in [-0.1, -0.05) is 0 Å². The Hall–Kier alpha value is -2.75. The highest BCUT2D eigenvalue weighted by molar-refractivity contribution is 5.91. The fourth-order valence-electron chi connectivity index (χ4n) is 4.48. The van der Waals surface area contributed by atoms with E-state index in [9.17, 15) is 4.79 Å². The molecule has 184 valence electrons. The summed E-state index contributed by atoms with van der Waals surface area (Å²) in [5.41, 5.74) is 1.84. The van der Waals surface area contributed by atoms with Gasteiger partial charge in [0.05, 0.1) is 12.2 Å². The van der Waals surface area contributed by atoms with Crippen LogP contribution in [-0.2, 0) is 4.79 Å². The Kier molecular flexibility index (Phi) is 8.46. The van der Waals surface area contributed by atoms with Crippen LogP contribution in [0.5, 0.6) is 0 Å². The summed E-state index contributed by atoms with van der Waals surface area (Å²) in [5, 5.41) is 7.51. The van der Waals surface area contributed by atoms with Crippen molar-refractivity contribution in [3.8, 4) is 17.4 Å². The molecule has 3 aromatic rings. The van der Waals surface area contributed by atoms with E-state index in [1.54, 1.807) is 10.7 Å². The first-order valence-corrected chi connectivity index (χ1v) is 11.4. The first-order chi connectivity index (χ1) is 15.8. The number of halogens is 1. The highest BCUT2D eigenvalue weighted by Gasteiger charge is 2.22. The van der Waals surface area contributed by atoms with Gasteiger partial charge in [-0.2, -0.15) is 5.10 Å². The number of nitrogens with one attached hydrogen (secondary N) is 1. The summed E-state index contributed by atoms with van der Waals surface area (Å²) in [6, 6.07) is 7.44. The number of amides is 1. The van der Waals surface area contributed by atoms with Gasteiger partial charge < -0.3 is 14.6 Å². The number of carbonyl (C=O) groups is 1. The lowest BCUT2D eigenvalue weighted by Gasteiger charge is -2.33. The molecule has 0 spiro atoms. The van der Waals surface area contributed by atoms with Crippen LogP contribution in [0, 0.1) is 26.7 Å². The van der Waals surface area contributed by atoms with Crippen molar-refractivity contribution in [2.45, 2.75) is 33.6 Å². The lowest BCUT2D eigenvalue weighted by atomic mass is 9.97. The summed E-state index contributed by atoms with van der Waals surface area (Å²) in [6.07, 6.45) is 2.32. The molecule has 1 aliphatic rings. The molecule has 4 rings (SSSR count). The fourth-order valence-corrected chi connectivity index (χ4v) is 4.48.